The summed E-state index contributed by atoms with van der Waals surface area (Å²) in [5.74, 6) is 0. The van der Waals surface area contributed by atoms with E-state index in [0.717, 1.165) is 0 Å². The second-order valence-corrected chi connectivity index (χ2v) is 4.53. The number of hydrogen-bond donors (Lipinski definition) is 1. The molecule has 0 fully saturated rings. The molecule has 1 N–H and O–H groups in total. The normalized spacial score (nSPS) is 15.4. The van der Waals surface area contributed by atoms with Crippen LogP contribution in [0.2, 0.25) is 0 Å². The van der Waals surface area contributed by atoms with Crippen LogP contribution in [0.4, 0.5) is 8.78 Å². The molecule has 0 saturated carbocycles. The summed E-state index contributed by atoms with van der Waals surface area (Å²) in [6.45, 7) is 0. The zero-order valence-electron chi connectivity index (χ0n) is 8.93. The predicted octanol–water partition coefficient (Wildman–Crippen LogP) is 2.13. The first kappa shape index (κ1) is 13.2. The fourth-order valence-corrected chi connectivity index (χ4v) is 1.82. The molecule has 0 saturated heterocycles. The summed E-state index contributed by atoms with van der Waals surface area (Å²) in [5, 5.41) is 0. The summed E-state index contributed by atoms with van der Waals surface area (Å²) in [4.78, 5) is 1.62. The zero-order valence-corrected chi connectivity index (χ0v) is 9.75. The van der Waals surface area contributed by atoms with Gasteiger partial charge in [0.05, 0.1) is 10.9 Å². The molecule has 16 heavy (non-hydrogen) atoms. The molecule has 6 heteroatoms. The fourth-order valence-electron chi connectivity index (χ4n) is 1.45. The third kappa shape index (κ3) is 3.07. The molecule has 0 aliphatic carbocycles. The SMILES string of the molecule is CN(C)C(c1ccc(S(=O)O)cc1)C(F)F. The van der Waals surface area contributed by atoms with Crippen LogP contribution in [0.25, 0.3) is 0 Å². The quantitative estimate of drug-likeness (QED) is 0.831. The van der Waals surface area contributed by atoms with Gasteiger partial charge in [-0.3, -0.25) is 4.90 Å². The van der Waals surface area contributed by atoms with Gasteiger partial charge in [0.2, 0.25) is 0 Å². The number of nitrogens with zero attached hydrogens (tertiary/aromatic N) is 1. The van der Waals surface area contributed by atoms with Gasteiger partial charge in [0.1, 0.15) is 0 Å². The van der Waals surface area contributed by atoms with Gasteiger partial charge in [0.25, 0.3) is 6.43 Å². The molecule has 1 aromatic rings. The maximum absolute atomic E-state index is 12.7. The minimum absolute atomic E-state index is 0.204. The van der Waals surface area contributed by atoms with Gasteiger partial charge in [-0.15, -0.1) is 0 Å². The van der Waals surface area contributed by atoms with Crippen molar-refractivity contribution in [2.24, 2.45) is 0 Å². The minimum atomic E-state index is -2.50. The average molecular weight is 249 g/mol. The largest absolute Gasteiger partial charge is 0.302 e. The van der Waals surface area contributed by atoms with E-state index >= 15 is 0 Å². The van der Waals surface area contributed by atoms with Crippen molar-refractivity contribution in [3.05, 3.63) is 29.8 Å². The summed E-state index contributed by atoms with van der Waals surface area (Å²) < 4.78 is 45.0. The van der Waals surface area contributed by atoms with Crippen LogP contribution in [-0.2, 0) is 11.1 Å². The molecule has 0 aromatic heterocycles. The first-order chi connectivity index (χ1) is 7.43. The van der Waals surface area contributed by atoms with Crippen molar-refractivity contribution >= 4 is 11.1 Å². The maximum Gasteiger partial charge on any atom is 0.257 e. The monoisotopic (exact) mass is 249 g/mol. The van der Waals surface area contributed by atoms with Crippen LogP contribution in [0.1, 0.15) is 11.6 Å². The molecule has 2 atom stereocenters. The molecule has 0 aliphatic heterocycles. The molecular weight excluding hydrogens is 236 g/mol. The maximum atomic E-state index is 12.7. The molecule has 0 amide bonds. The number of hydrogen-bond acceptors (Lipinski definition) is 2. The van der Waals surface area contributed by atoms with E-state index in [-0.39, 0.29) is 4.90 Å². The topological polar surface area (TPSA) is 40.5 Å². The molecule has 2 unspecified atom stereocenters. The Labute approximate surface area is 95.4 Å². The zero-order chi connectivity index (χ0) is 12.3. The standard InChI is InChI=1S/C10H13F2NO2S/c1-13(2)9(10(11)12)7-3-5-8(6-4-7)16(14)15/h3-6,9-10H,1-2H3,(H,14,15). The molecule has 1 rings (SSSR count). The van der Waals surface area contributed by atoms with E-state index < -0.39 is 23.5 Å². The van der Waals surface area contributed by atoms with E-state index in [1.165, 1.54) is 29.2 Å². The summed E-state index contributed by atoms with van der Waals surface area (Å²) in [6, 6.07) is 4.65. The van der Waals surface area contributed by atoms with Crippen molar-refractivity contribution in [1.29, 1.82) is 0 Å². The van der Waals surface area contributed by atoms with Crippen LogP contribution in [0, 0.1) is 0 Å². The minimum Gasteiger partial charge on any atom is -0.302 e. The van der Waals surface area contributed by atoms with Crippen LogP contribution < -0.4 is 0 Å². The third-order valence-corrected chi connectivity index (χ3v) is 2.89. The second kappa shape index (κ2) is 5.47. The Balaban J connectivity index is 2.99. The number of benzene rings is 1. The van der Waals surface area contributed by atoms with Crippen LogP contribution in [0.3, 0.4) is 0 Å². The lowest BCUT2D eigenvalue weighted by atomic mass is 10.1. The highest BCUT2D eigenvalue weighted by molar-refractivity contribution is 7.79. The number of rotatable bonds is 4. The van der Waals surface area contributed by atoms with Crippen molar-refractivity contribution in [2.75, 3.05) is 14.1 Å². The van der Waals surface area contributed by atoms with E-state index in [2.05, 4.69) is 0 Å². The van der Waals surface area contributed by atoms with E-state index in [1.54, 1.807) is 14.1 Å². The van der Waals surface area contributed by atoms with Gasteiger partial charge in [-0.25, -0.2) is 13.0 Å². The smallest absolute Gasteiger partial charge is 0.257 e. The predicted molar refractivity (Wildman–Crippen MR) is 57.9 cm³/mol. The van der Waals surface area contributed by atoms with Crippen molar-refractivity contribution in [1.82, 2.24) is 4.90 Å². The van der Waals surface area contributed by atoms with Gasteiger partial charge in [-0.05, 0) is 31.8 Å². The molecule has 0 heterocycles. The van der Waals surface area contributed by atoms with Gasteiger partial charge in [0.15, 0.2) is 11.1 Å². The Bertz CT molecular complexity index is 360. The van der Waals surface area contributed by atoms with Gasteiger partial charge in [0, 0.05) is 0 Å². The van der Waals surface area contributed by atoms with Crippen LogP contribution in [0.15, 0.2) is 29.2 Å². The number of halogens is 2. The highest BCUT2D eigenvalue weighted by Gasteiger charge is 2.24. The Morgan fingerprint density at radius 3 is 2.06 bits per heavy atom. The first-order valence-electron chi connectivity index (χ1n) is 4.59. The van der Waals surface area contributed by atoms with E-state index in [0.29, 0.717) is 5.56 Å². The second-order valence-electron chi connectivity index (χ2n) is 3.56. The molecule has 3 nitrogen and oxygen atoms in total. The molecule has 0 radical (unpaired) electrons. The van der Waals surface area contributed by atoms with Crippen molar-refractivity contribution in [3.8, 4) is 0 Å². The van der Waals surface area contributed by atoms with Gasteiger partial charge >= 0.3 is 0 Å². The Morgan fingerprint density at radius 1 is 1.25 bits per heavy atom. The van der Waals surface area contributed by atoms with E-state index in [4.69, 9.17) is 4.55 Å². The summed E-state index contributed by atoms with van der Waals surface area (Å²) >= 11 is -2.07. The van der Waals surface area contributed by atoms with Gasteiger partial charge < -0.3 is 4.55 Å². The molecule has 1 aromatic carbocycles. The average Bonchev–Trinajstić information content (AvgIpc) is 2.17. The number of alkyl halides is 2. The van der Waals surface area contributed by atoms with Crippen molar-refractivity contribution in [3.63, 3.8) is 0 Å². The summed E-state index contributed by atoms with van der Waals surface area (Å²) in [6.07, 6.45) is -2.50. The summed E-state index contributed by atoms with van der Waals surface area (Å²) in [5.41, 5.74) is 0.425. The highest BCUT2D eigenvalue weighted by Crippen LogP contribution is 2.25. The molecule has 0 bridgehead atoms. The summed E-state index contributed by atoms with van der Waals surface area (Å²) in [7, 11) is 3.13. The first-order valence-corrected chi connectivity index (χ1v) is 5.69. The van der Waals surface area contributed by atoms with E-state index in [1.807, 2.05) is 0 Å². The van der Waals surface area contributed by atoms with Crippen molar-refractivity contribution < 1.29 is 17.5 Å². The van der Waals surface area contributed by atoms with Crippen molar-refractivity contribution in [2.45, 2.75) is 17.4 Å². The lowest BCUT2D eigenvalue weighted by Gasteiger charge is -2.23. The Hall–Kier alpha value is -0.850. The Morgan fingerprint density at radius 2 is 1.75 bits per heavy atom. The van der Waals surface area contributed by atoms with Gasteiger partial charge in [-0.2, -0.15) is 0 Å². The van der Waals surface area contributed by atoms with Gasteiger partial charge in [-0.1, -0.05) is 12.1 Å². The third-order valence-electron chi connectivity index (χ3n) is 2.22. The molecular formula is C10H13F2NO2S. The lowest BCUT2D eigenvalue weighted by molar-refractivity contribution is 0.0488. The van der Waals surface area contributed by atoms with E-state index in [9.17, 15) is 13.0 Å². The lowest BCUT2D eigenvalue weighted by Crippen LogP contribution is -2.26. The van der Waals surface area contributed by atoms with Crippen LogP contribution in [-0.4, -0.2) is 34.2 Å². The molecule has 90 valence electrons. The van der Waals surface area contributed by atoms with Crippen LogP contribution >= 0.6 is 0 Å². The highest BCUT2D eigenvalue weighted by atomic mass is 32.2. The molecule has 0 spiro atoms. The molecule has 0 aliphatic rings. The Kier molecular flexibility index (Phi) is 4.52. The fraction of sp³-hybridized carbons (Fsp3) is 0.400. The van der Waals surface area contributed by atoms with Crippen LogP contribution in [0.5, 0.6) is 0 Å².